The highest BCUT2D eigenvalue weighted by atomic mass is 15.0. The van der Waals surface area contributed by atoms with Gasteiger partial charge in [-0.05, 0) is 25.8 Å². The molecule has 0 radical (unpaired) electrons. The normalized spacial score (nSPS) is 8.86. The zero-order chi connectivity index (χ0) is 11.1. The first-order chi connectivity index (χ1) is 6.65. The molecule has 0 aliphatic heterocycles. The number of hydrogen-bond acceptors (Lipinski definition) is 3. The van der Waals surface area contributed by atoms with Gasteiger partial charge in [0, 0.05) is 11.4 Å². The van der Waals surface area contributed by atoms with Crippen molar-refractivity contribution in [2.45, 2.75) is 34.1 Å². The second kappa shape index (κ2) is 6.13. The Bertz CT molecular complexity index is 282. The van der Waals surface area contributed by atoms with Gasteiger partial charge in [-0.1, -0.05) is 19.9 Å². The Hall–Kier alpha value is -1.38. The van der Waals surface area contributed by atoms with Crippen molar-refractivity contribution in [1.82, 2.24) is 9.97 Å². The van der Waals surface area contributed by atoms with E-state index < -0.39 is 0 Å². The van der Waals surface area contributed by atoms with Crippen LogP contribution in [0.3, 0.4) is 0 Å². The largest absolute Gasteiger partial charge is 0.368 e. The maximum atomic E-state index is 5.48. The van der Waals surface area contributed by atoms with Crippen LogP contribution in [0.5, 0.6) is 0 Å². The molecule has 0 saturated carbocycles. The number of nitrogens with zero attached hydrogens (tertiary/aromatic N) is 2. The summed E-state index contributed by atoms with van der Waals surface area (Å²) < 4.78 is 0. The van der Waals surface area contributed by atoms with Gasteiger partial charge >= 0.3 is 0 Å². The topological polar surface area (TPSA) is 51.8 Å². The summed E-state index contributed by atoms with van der Waals surface area (Å²) in [5.41, 5.74) is 8.49. The SMILES string of the molecule is C=CCc1c(C)nc(N)nc1C.CC. The van der Waals surface area contributed by atoms with Crippen LogP contribution in [0.2, 0.25) is 0 Å². The Labute approximate surface area is 86.1 Å². The number of allylic oxidation sites excluding steroid dienone is 1. The van der Waals surface area contributed by atoms with Crippen LogP contribution in [0.15, 0.2) is 12.7 Å². The van der Waals surface area contributed by atoms with Crippen LogP contribution < -0.4 is 5.73 Å². The Balaban J connectivity index is 0.000000791. The van der Waals surface area contributed by atoms with Gasteiger partial charge in [-0.2, -0.15) is 0 Å². The summed E-state index contributed by atoms with van der Waals surface area (Å²) in [6, 6.07) is 0. The number of nitrogen functional groups attached to an aromatic ring is 1. The summed E-state index contributed by atoms with van der Waals surface area (Å²) in [6.07, 6.45) is 2.65. The van der Waals surface area contributed by atoms with Crippen molar-refractivity contribution in [3.8, 4) is 0 Å². The molecule has 0 aliphatic rings. The molecule has 1 heterocycles. The molecule has 78 valence electrons. The highest BCUT2D eigenvalue weighted by molar-refractivity contribution is 5.31. The fourth-order valence-corrected chi connectivity index (χ4v) is 1.21. The van der Waals surface area contributed by atoms with E-state index in [0.717, 1.165) is 23.4 Å². The van der Waals surface area contributed by atoms with E-state index in [4.69, 9.17) is 5.73 Å². The predicted molar refractivity (Wildman–Crippen MR) is 61.2 cm³/mol. The van der Waals surface area contributed by atoms with Crippen LogP contribution in [0.25, 0.3) is 0 Å². The fraction of sp³-hybridized carbons (Fsp3) is 0.455. The summed E-state index contributed by atoms with van der Waals surface area (Å²) in [5, 5.41) is 0. The zero-order valence-corrected chi connectivity index (χ0v) is 9.46. The molecule has 0 aromatic carbocycles. The third-order valence-corrected chi connectivity index (χ3v) is 1.79. The molecular formula is C11H19N3. The first kappa shape index (κ1) is 12.6. The third-order valence-electron chi connectivity index (χ3n) is 1.79. The standard InChI is InChI=1S/C9H13N3.C2H6/c1-4-5-8-6(2)11-9(10)12-7(8)3;1-2/h4H,1,5H2,2-3H3,(H2,10,11,12);1-2H3. The number of anilines is 1. The lowest BCUT2D eigenvalue weighted by molar-refractivity contribution is 0.997. The van der Waals surface area contributed by atoms with Crippen molar-refractivity contribution in [2.75, 3.05) is 5.73 Å². The lowest BCUT2D eigenvalue weighted by atomic mass is 10.1. The molecule has 1 rings (SSSR count). The van der Waals surface area contributed by atoms with E-state index in [0.29, 0.717) is 5.95 Å². The average Bonchev–Trinajstić information content (AvgIpc) is 2.14. The van der Waals surface area contributed by atoms with Crippen LogP contribution in [0.4, 0.5) is 5.95 Å². The number of aryl methyl sites for hydroxylation is 2. The summed E-state index contributed by atoms with van der Waals surface area (Å²) >= 11 is 0. The van der Waals surface area contributed by atoms with E-state index in [2.05, 4.69) is 16.5 Å². The van der Waals surface area contributed by atoms with E-state index in [1.54, 1.807) is 0 Å². The predicted octanol–water partition coefficient (Wildman–Crippen LogP) is 2.43. The lowest BCUT2D eigenvalue weighted by Gasteiger charge is -2.05. The minimum atomic E-state index is 0.345. The molecular weight excluding hydrogens is 174 g/mol. The van der Waals surface area contributed by atoms with Crippen molar-refractivity contribution >= 4 is 5.95 Å². The maximum Gasteiger partial charge on any atom is 0.220 e. The van der Waals surface area contributed by atoms with Crippen molar-refractivity contribution in [2.24, 2.45) is 0 Å². The third kappa shape index (κ3) is 3.17. The smallest absolute Gasteiger partial charge is 0.220 e. The number of rotatable bonds is 2. The van der Waals surface area contributed by atoms with Crippen molar-refractivity contribution < 1.29 is 0 Å². The minimum Gasteiger partial charge on any atom is -0.368 e. The molecule has 0 atom stereocenters. The van der Waals surface area contributed by atoms with Crippen molar-refractivity contribution in [3.05, 3.63) is 29.6 Å². The summed E-state index contributed by atoms with van der Waals surface area (Å²) in [7, 11) is 0. The molecule has 3 heteroatoms. The molecule has 0 fully saturated rings. The van der Waals surface area contributed by atoms with E-state index >= 15 is 0 Å². The van der Waals surface area contributed by atoms with Gasteiger partial charge in [-0.3, -0.25) is 0 Å². The van der Waals surface area contributed by atoms with Gasteiger partial charge in [0.2, 0.25) is 5.95 Å². The molecule has 14 heavy (non-hydrogen) atoms. The van der Waals surface area contributed by atoms with Crippen LogP contribution in [0.1, 0.15) is 30.8 Å². The molecule has 0 unspecified atom stereocenters. The summed E-state index contributed by atoms with van der Waals surface area (Å²) in [6.45, 7) is 11.5. The molecule has 0 bridgehead atoms. The van der Waals surface area contributed by atoms with E-state index in [9.17, 15) is 0 Å². The van der Waals surface area contributed by atoms with Gasteiger partial charge in [-0.15, -0.1) is 6.58 Å². The van der Waals surface area contributed by atoms with Crippen molar-refractivity contribution in [1.29, 1.82) is 0 Å². The van der Waals surface area contributed by atoms with Gasteiger partial charge in [-0.25, -0.2) is 9.97 Å². The van der Waals surface area contributed by atoms with Crippen LogP contribution in [-0.4, -0.2) is 9.97 Å². The molecule has 0 spiro atoms. The summed E-state index contributed by atoms with van der Waals surface area (Å²) in [5.74, 6) is 0.345. The first-order valence-corrected chi connectivity index (χ1v) is 4.85. The Morgan fingerprint density at radius 3 is 2.00 bits per heavy atom. The number of aromatic nitrogens is 2. The second-order valence-electron chi connectivity index (χ2n) is 2.72. The molecule has 2 N–H and O–H groups in total. The lowest BCUT2D eigenvalue weighted by Crippen LogP contribution is -2.03. The Morgan fingerprint density at radius 2 is 1.64 bits per heavy atom. The van der Waals surface area contributed by atoms with Crippen LogP contribution in [-0.2, 0) is 6.42 Å². The van der Waals surface area contributed by atoms with Gasteiger partial charge in [0.25, 0.3) is 0 Å². The fourth-order valence-electron chi connectivity index (χ4n) is 1.21. The van der Waals surface area contributed by atoms with E-state index in [1.165, 1.54) is 0 Å². The molecule has 0 amide bonds. The van der Waals surface area contributed by atoms with Crippen LogP contribution >= 0.6 is 0 Å². The van der Waals surface area contributed by atoms with Gasteiger partial charge in [0.1, 0.15) is 0 Å². The maximum absolute atomic E-state index is 5.48. The minimum absolute atomic E-state index is 0.345. The highest BCUT2D eigenvalue weighted by Crippen LogP contribution is 2.11. The highest BCUT2D eigenvalue weighted by Gasteiger charge is 2.04. The zero-order valence-electron chi connectivity index (χ0n) is 9.46. The van der Waals surface area contributed by atoms with Crippen molar-refractivity contribution in [3.63, 3.8) is 0 Å². The second-order valence-corrected chi connectivity index (χ2v) is 2.72. The first-order valence-electron chi connectivity index (χ1n) is 4.85. The molecule has 0 aliphatic carbocycles. The van der Waals surface area contributed by atoms with Gasteiger partial charge in [0.05, 0.1) is 0 Å². The van der Waals surface area contributed by atoms with Crippen LogP contribution in [0, 0.1) is 13.8 Å². The molecule has 0 saturated heterocycles. The molecule has 1 aromatic heterocycles. The van der Waals surface area contributed by atoms with E-state index in [-0.39, 0.29) is 0 Å². The number of nitrogens with two attached hydrogens (primary N) is 1. The Kier molecular flexibility index (Phi) is 5.53. The summed E-state index contributed by atoms with van der Waals surface area (Å²) in [4.78, 5) is 8.14. The van der Waals surface area contributed by atoms with E-state index in [1.807, 2.05) is 33.8 Å². The molecule has 3 nitrogen and oxygen atoms in total. The van der Waals surface area contributed by atoms with Gasteiger partial charge in [0.15, 0.2) is 0 Å². The number of hydrogen-bond donors (Lipinski definition) is 1. The van der Waals surface area contributed by atoms with Gasteiger partial charge < -0.3 is 5.73 Å². The molecule has 1 aromatic rings. The quantitative estimate of drug-likeness (QED) is 0.734. The average molecular weight is 193 g/mol. The monoisotopic (exact) mass is 193 g/mol. The Morgan fingerprint density at radius 1 is 1.21 bits per heavy atom.